The Morgan fingerprint density at radius 1 is 1.26 bits per heavy atom. The Bertz CT molecular complexity index is 727. The summed E-state index contributed by atoms with van der Waals surface area (Å²) in [5, 5.41) is 9.06. The third-order valence-corrected chi connectivity index (χ3v) is 3.93. The SMILES string of the molecule is COC1OC=C2C(CC(=O)O)=CC(=O)C=C2C1c1ccccc1. The molecule has 0 spiro atoms. The lowest BCUT2D eigenvalue weighted by molar-refractivity contribution is -0.136. The molecule has 2 atom stereocenters. The van der Waals surface area contributed by atoms with Crippen LogP contribution in [-0.2, 0) is 19.1 Å². The van der Waals surface area contributed by atoms with Gasteiger partial charge in [0.2, 0.25) is 6.29 Å². The fraction of sp³-hybridized carbons (Fsp3) is 0.222. The fourth-order valence-electron chi connectivity index (χ4n) is 2.97. The smallest absolute Gasteiger partial charge is 0.307 e. The van der Waals surface area contributed by atoms with E-state index in [1.807, 2.05) is 30.3 Å². The van der Waals surface area contributed by atoms with Gasteiger partial charge in [0, 0.05) is 12.7 Å². The molecule has 1 aliphatic carbocycles. The summed E-state index contributed by atoms with van der Waals surface area (Å²) in [6, 6.07) is 9.58. The first kappa shape index (κ1) is 15.2. The predicted molar refractivity (Wildman–Crippen MR) is 82.6 cm³/mol. The van der Waals surface area contributed by atoms with E-state index >= 15 is 0 Å². The van der Waals surface area contributed by atoms with Crippen molar-refractivity contribution >= 4 is 11.8 Å². The average molecular weight is 312 g/mol. The normalized spacial score (nSPS) is 23.2. The van der Waals surface area contributed by atoms with Crippen LogP contribution >= 0.6 is 0 Å². The molecule has 2 aliphatic rings. The molecule has 1 heterocycles. The molecular formula is C18H16O5. The summed E-state index contributed by atoms with van der Waals surface area (Å²) in [5.41, 5.74) is 2.78. The minimum absolute atomic E-state index is 0.217. The van der Waals surface area contributed by atoms with Gasteiger partial charge in [0.25, 0.3) is 0 Å². The molecule has 1 N–H and O–H groups in total. The molecule has 0 fully saturated rings. The number of fused-ring (bicyclic) bond motifs is 1. The molecule has 0 aromatic heterocycles. The summed E-state index contributed by atoms with van der Waals surface area (Å²) >= 11 is 0. The maximum atomic E-state index is 12.0. The lowest BCUT2D eigenvalue weighted by atomic mass is 9.78. The molecule has 23 heavy (non-hydrogen) atoms. The lowest BCUT2D eigenvalue weighted by Gasteiger charge is -2.35. The molecular weight excluding hydrogens is 296 g/mol. The second-order valence-electron chi connectivity index (χ2n) is 5.40. The molecule has 118 valence electrons. The summed E-state index contributed by atoms with van der Waals surface area (Å²) < 4.78 is 11.0. The van der Waals surface area contributed by atoms with Crippen LogP contribution in [0.2, 0.25) is 0 Å². The van der Waals surface area contributed by atoms with Gasteiger partial charge in [0.1, 0.15) is 0 Å². The van der Waals surface area contributed by atoms with Crippen LogP contribution in [0.25, 0.3) is 0 Å². The van der Waals surface area contributed by atoms with Gasteiger partial charge in [-0.1, -0.05) is 30.3 Å². The molecule has 0 amide bonds. The highest BCUT2D eigenvalue weighted by molar-refractivity contribution is 6.04. The number of methoxy groups -OCH3 is 1. The van der Waals surface area contributed by atoms with Gasteiger partial charge in [-0.25, -0.2) is 0 Å². The van der Waals surface area contributed by atoms with Gasteiger partial charge in [-0.15, -0.1) is 0 Å². The second-order valence-corrected chi connectivity index (χ2v) is 5.40. The number of carbonyl (C=O) groups excluding carboxylic acids is 1. The molecule has 1 aromatic rings. The number of carboxylic acid groups (broad SMARTS) is 1. The number of carboxylic acids is 1. The highest BCUT2D eigenvalue weighted by Crippen LogP contribution is 2.42. The fourth-order valence-corrected chi connectivity index (χ4v) is 2.97. The van der Waals surface area contributed by atoms with Crippen LogP contribution in [-0.4, -0.2) is 30.3 Å². The Balaban J connectivity index is 2.06. The summed E-state index contributed by atoms with van der Waals surface area (Å²) in [6.07, 6.45) is 3.58. The van der Waals surface area contributed by atoms with Gasteiger partial charge in [-0.3, -0.25) is 9.59 Å². The number of rotatable bonds is 4. The average Bonchev–Trinajstić information content (AvgIpc) is 2.53. The van der Waals surface area contributed by atoms with Crippen LogP contribution in [0.5, 0.6) is 0 Å². The van der Waals surface area contributed by atoms with Crippen molar-refractivity contribution in [2.75, 3.05) is 7.11 Å². The van der Waals surface area contributed by atoms with Crippen LogP contribution < -0.4 is 0 Å². The van der Waals surface area contributed by atoms with E-state index in [-0.39, 0.29) is 18.1 Å². The Labute approximate surface area is 133 Å². The highest BCUT2D eigenvalue weighted by atomic mass is 16.7. The molecule has 0 bridgehead atoms. The van der Waals surface area contributed by atoms with Gasteiger partial charge in [0.15, 0.2) is 5.78 Å². The first-order valence-corrected chi connectivity index (χ1v) is 7.22. The quantitative estimate of drug-likeness (QED) is 0.925. The largest absolute Gasteiger partial charge is 0.481 e. The molecule has 2 unspecified atom stereocenters. The van der Waals surface area contributed by atoms with Crippen LogP contribution in [0.1, 0.15) is 17.9 Å². The lowest BCUT2D eigenvalue weighted by Crippen LogP contribution is -2.30. The minimum atomic E-state index is -0.990. The number of aliphatic carboxylic acids is 1. The monoisotopic (exact) mass is 312 g/mol. The second kappa shape index (κ2) is 6.22. The number of allylic oxidation sites excluding steroid dienone is 3. The molecule has 0 radical (unpaired) electrons. The van der Waals surface area contributed by atoms with E-state index in [1.54, 1.807) is 7.11 Å². The van der Waals surface area contributed by atoms with Crippen molar-refractivity contribution in [3.05, 3.63) is 71.0 Å². The van der Waals surface area contributed by atoms with Crippen molar-refractivity contribution in [1.82, 2.24) is 0 Å². The van der Waals surface area contributed by atoms with Crippen LogP contribution in [0.3, 0.4) is 0 Å². The van der Waals surface area contributed by atoms with Crippen molar-refractivity contribution in [3.8, 4) is 0 Å². The Hall–Kier alpha value is -2.66. The van der Waals surface area contributed by atoms with Gasteiger partial charge < -0.3 is 14.6 Å². The third-order valence-electron chi connectivity index (χ3n) is 3.93. The molecule has 5 nitrogen and oxygen atoms in total. The minimum Gasteiger partial charge on any atom is -0.481 e. The maximum Gasteiger partial charge on any atom is 0.307 e. The Morgan fingerprint density at radius 2 is 2.00 bits per heavy atom. The van der Waals surface area contributed by atoms with Crippen LogP contribution in [0.4, 0.5) is 0 Å². The van der Waals surface area contributed by atoms with Crippen molar-refractivity contribution < 1.29 is 24.2 Å². The number of benzene rings is 1. The zero-order chi connectivity index (χ0) is 16.4. The van der Waals surface area contributed by atoms with Crippen molar-refractivity contribution in [2.24, 2.45) is 0 Å². The summed E-state index contributed by atoms with van der Waals surface area (Å²) in [6.45, 7) is 0. The highest BCUT2D eigenvalue weighted by Gasteiger charge is 2.36. The number of hydrogen-bond acceptors (Lipinski definition) is 4. The zero-order valence-electron chi connectivity index (χ0n) is 12.6. The maximum absolute atomic E-state index is 12.0. The summed E-state index contributed by atoms with van der Waals surface area (Å²) in [4.78, 5) is 23.1. The number of ether oxygens (including phenoxy) is 2. The van der Waals surface area contributed by atoms with E-state index in [0.29, 0.717) is 11.1 Å². The first-order valence-electron chi connectivity index (χ1n) is 7.22. The van der Waals surface area contributed by atoms with E-state index in [0.717, 1.165) is 11.1 Å². The van der Waals surface area contributed by atoms with Crippen LogP contribution in [0, 0.1) is 0 Å². The van der Waals surface area contributed by atoms with E-state index in [1.165, 1.54) is 18.4 Å². The molecule has 0 saturated heterocycles. The predicted octanol–water partition coefficient (Wildman–Crippen LogP) is 2.57. The number of ketones is 1. The van der Waals surface area contributed by atoms with E-state index in [9.17, 15) is 9.59 Å². The molecule has 1 aromatic carbocycles. The first-order chi connectivity index (χ1) is 11.1. The topological polar surface area (TPSA) is 72.8 Å². The van der Waals surface area contributed by atoms with Gasteiger partial charge >= 0.3 is 5.97 Å². The molecule has 1 aliphatic heterocycles. The van der Waals surface area contributed by atoms with Gasteiger partial charge in [-0.2, -0.15) is 0 Å². The number of carbonyl (C=O) groups is 2. The van der Waals surface area contributed by atoms with Crippen molar-refractivity contribution in [1.29, 1.82) is 0 Å². The van der Waals surface area contributed by atoms with E-state index in [4.69, 9.17) is 14.6 Å². The Morgan fingerprint density at radius 3 is 2.65 bits per heavy atom. The third kappa shape index (κ3) is 2.96. The summed E-state index contributed by atoms with van der Waals surface area (Å²) in [7, 11) is 1.54. The standard InChI is InChI=1S/C18H16O5/c1-22-18-17(11-5-3-2-4-6-11)14-9-13(19)7-12(8-16(20)21)15(14)10-23-18/h2-7,9-10,17-18H,8H2,1H3,(H,20,21). The molecule has 3 rings (SSSR count). The molecule has 0 saturated carbocycles. The number of hydrogen-bond donors (Lipinski definition) is 1. The van der Waals surface area contributed by atoms with E-state index in [2.05, 4.69) is 0 Å². The van der Waals surface area contributed by atoms with E-state index < -0.39 is 12.3 Å². The molecule has 5 heteroatoms. The van der Waals surface area contributed by atoms with Crippen LogP contribution in [0.15, 0.2) is 65.5 Å². The Kier molecular flexibility index (Phi) is 4.12. The van der Waals surface area contributed by atoms with Crippen molar-refractivity contribution in [3.63, 3.8) is 0 Å². The van der Waals surface area contributed by atoms with Gasteiger partial charge in [0.05, 0.1) is 18.6 Å². The van der Waals surface area contributed by atoms with Gasteiger partial charge in [-0.05, 0) is 28.9 Å². The zero-order valence-corrected chi connectivity index (χ0v) is 12.6. The summed E-state index contributed by atoms with van der Waals surface area (Å²) in [5.74, 6) is -1.50. The van der Waals surface area contributed by atoms with Crippen molar-refractivity contribution in [2.45, 2.75) is 18.6 Å².